The number of aromatic amines is 1. The van der Waals surface area contributed by atoms with E-state index in [4.69, 9.17) is 0 Å². The van der Waals surface area contributed by atoms with Gasteiger partial charge in [0.1, 0.15) is 5.82 Å². The highest BCUT2D eigenvalue weighted by Crippen LogP contribution is 2.54. The third kappa shape index (κ3) is 4.46. The molecule has 2 N–H and O–H groups in total. The fourth-order valence-electron chi connectivity index (χ4n) is 6.77. The van der Waals surface area contributed by atoms with Crippen molar-refractivity contribution in [1.82, 2.24) is 20.1 Å². The number of hydrogen-bond acceptors (Lipinski definition) is 2. The number of H-pyrrole nitrogens is 1. The summed E-state index contributed by atoms with van der Waals surface area (Å²) in [6, 6.07) is 14.8. The first-order valence-electron chi connectivity index (χ1n) is 13.8. The van der Waals surface area contributed by atoms with Crippen LogP contribution in [0.3, 0.4) is 0 Å². The van der Waals surface area contributed by atoms with Crippen LogP contribution < -0.4 is 5.32 Å². The van der Waals surface area contributed by atoms with Crippen molar-refractivity contribution in [3.63, 3.8) is 0 Å². The lowest BCUT2D eigenvalue weighted by Gasteiger charge is -2.37. The highest BCUT2D eigenvalue weighted by Gasteiger charge is 2.46. The third-order valence-corrected chi connectivity index (χ3v) is 8.82. The Balaban J connectivity index is 1.17. The number of carbonyl (C=O) groups is 1. The molecule has 2 heterocycles. The van der Waals surface area contributed by atoms with Gasteiger partial charge >= 0.3 is 0 Å². The number of fused-ring (bicyclic) bond motifs is 3. The number of carbonyl (C=O) groups excluding carboxylic acids is 1. The van der Waals surface area contributed by atoms with Crippen molar-refractivity contribution in [3.05, 3.63) is 89.1 Å². The zero-order valence-corrected chi connectivity index (χ0v) is 22.1. The zero-order chi connectivity index (χ0) is 26.3. The van der Waals surface area contributed by atoms with Crippen molar-refractivity contribution in [2.45, 2.75) is 64.8 Å². The summed E-state index contributed by atoms with van der Waals surface area (Å²) >= 11 is 0. The van der Waals surface area contributed by atoms with E-state index in [9.17, 15) is 9.18 Å². The summed E-state index contributed by atoms with van der Waals surface area (Å²) in [6.45, 7) is 4.59. The van der Waals surface area contributed by atoms with Crippen LogP contribution in [0.5, 0.6) is 0 Å². The minimum Gasteiger partial charge on any atom is -0.361 e. The first-order chi connectivity index (χ1) is 18.4. The minimum atomic E-state index is -0.241. The van der Waals surface area contributed by atoms with Crippen LogP contribution in [0.15, 0.2) is 66.5 Å². The van der Waals surface area contributed by atoms with Gasteiger partial charge in [0.25, 0.3) is 0 Å². The fourth-order valence-corrected chi connectivity index (χ4v) is 6.77. The smallest absolute Gasteiger partial charge is 0.224 e. The molecule has 0 aliphatic heterocycles. The molecule has 3 unspecified atom stereocenters. The van der Waals surface area contributed by atoms with Gasteiger partial charge < -0.3 is 10.3 Å². The third-order valence-electron chi connectivity index (χ3n) is 8.82. The van der Waals surface area contributed by atoms with Gasteiger partial charge in [-0.25, -0.2) is 9.07 Å². The SMILES string of the molecule is CCCC(CC1CCC2=Cc3c(cnn3-c3ccc(F)cc3)CC21C)NC(=O)Cc1c[nH]c2ccccc12. The number of nitrogens with one attached hydrogen (secondary N) is 2. The molecule has 0 radical (unpaired) electrons. The first kappa shape index (κ1) is 24.7. The number of aromatic nitrogens is 3. The molecule has 4 aromatic rings. The molecule has 196 valence electrons. The highest BCUT2D eigenvalue weighted by molar-refractivity contribution is 5.88. The number of allylic oxidation sites excluding steroid dienone is 1. The van der Waals surface area contributed by atoms with Gasteiger partial charge in [-0.2, -0.15) is 5.10 Å². The van der Waals surface area contributed by atoms with Gasteiger partial charge in [-0.1, -0.05) is 44.0 Å². The first-order valence-corrected chi connectivity index (χ1v) is 13.8. The van der Waals surface area contributed by atoms with E-state index in [0.717, 1.165) is 66.4 Å². The number of benzene rings is 2. The molecule has 1 amide bonds. The van der Waals surface area contributed by atoms with Crippen molar-refractivity contribution in [3.8, 4) is 5.69 Å². The second kappa shape index (κ2) is 9.90. The molecule has 2 aromatic heterocycles. The van der Waals surface area contributed by atoms with Gasteiger partial charge in [-0.3, -0.25) is 4.79 Å². The average molecular weight is 511 g/mol. The van der Waals surface area contributed by atoms with Crippen LogP contribution in [0.1, 0.15) is 62.8 Å². The average Bonchev–Trinajstić information content (AvgIpc) is 3.59. The van der Waals surface area contributed by atoms with Gasteiger partial charge in [-0.15, -0.1) is 0 Å². The van der Waals surface area contributed by atoms with Crippen LogP contribution in [0, 0.1) is 17.2 Å². The topological polar surface area (TPSA) is 62.7 Å². The standard InChI is InChI=1S/C32H35FN4O/c1-3-6-26(36-31(38)15-21-19-34-29-8-5-4-7-28(21)29)16-23-9-10-24-17-30-22(18-32(23,24)2)20-35-37(30)27-13-11-25(33)12-14-27/h4-5,7-8,11-14,17,19-20,23,26,34H,3,6,9-10,15-16,18H2,1-2H3,(H,36,38). The predicted octanol–water partition coefficient (Wildman–Crippen LogP) is 6.77. The van der Waals surface area contributed by atoms with E-state index in [2.05, 4.69) is 41.4 Å². The van der Waals surface area contributed by atoms with E-state index in [1.165, 1.54) is 23.3 Å². The largest absolute Gasteiger partial charge is 0.361 e. The molecular formula is C32H35FN4O. The van der Waals surface area contributed by atoms with Crippen molar-refractivity contribution < 1.29 is 9.18 Å². The summed E-state index contributed by atoms with van der Waals surface area (Å²) in [4.78, 5) is 16.4. The number of hydrogen-bond donors (Lipinski definition) is 2. The maximum absolute atomic E-state index is 13.5. The second-order valence-electron chi connectivity index (χ2n) is 11.3. The van der Waals surface area contributed by atoms with Crippen molar-refractivity contribution in [2.75, 3.05) is 0 Å². The van der Waals surface area contributed by atoms with Crippen LogP contribution >= 0.6 is 0 Å². The predicted molar refractivity (Wildman–Crippen MR) is 149 cm³/mol. The molecule has 0 spiro atoms. The molecule has 2 aliphatic rings. The van der Waals surface area contributed by atoms with Crippen LogP contribution in [-0.4, -0.2) is 26.7 Å². The van der Waals surface area contributed by atoms with Gasteiger partial charge in [0.2, 0.25) is 5.91 Å². The summed E-state index contributed by atoms with van der Waals surface area (Å²) in [5.74, 6) is 0.356. The molecule has 0 saturated heterocycles. The molecule has 1 saturated carbocycles. The summed E-state index contributed by atoms with van der Waals surface area (Å²) in [5, 5.41) is 9.17. The van der Waals surface area contributed by atoms with Crippen LogP contribution in [0.2, 0.25) is 0 Å². The molecule has 0 bridgehead atoms. The van der Waals surface area contributed by atoms with Gasteiger partial charge in [0, 0.05) is 23.1 Å². The zero-order valence-electron chi connectivity index (χ0n) is 22.1. The molecule has 5 nitrogen and oxygen atoms in total. The van der Waals surface area contributed by atoms with Crippen LogP contribution in [0.4, 0.5) is 4.39 Å². The lowest BCUT2D eigenvalue weighted by atomic mass is 9.68. The normalized spacial score (nSPS) is 21.1. The Bertz CT molecular complexity index is 1500. The van der Waals surface area contributed by atoms with E-state index in [-0.39, 0.29) is 23.2 Å². The Hall–Kier alpha value is -3.67. The Labute approximate surface area is 223 Å². The maximum atomic E-state index is 13.5. The number of nitrogens with zero attached hydrogens (tertiary/aromatic N) is 2. The summed E-state index contributed by atoms with van der Waals surface area (Å²) < 4.78 is 15.4. The van der Waals surface area contributed by atoms with E-state index < -0.39 is 0 Å². The van der Waals surface area contributed by atoms with Crippen molar-refractivity contribution in [1.29, 1.82) is 0 Å². The Morgan fingerprint density at radius 3 is 2.87 bits per heavy atom. The van der Waals surface area contributed by atoms with Gasteiger partial charge in [-0.05, 0) is 91.0 Å². The van der Waals surface area contributed by atoms with E-state index >= 15 is 0 Å². The summed E-state index contributed by atoms with van der Waals surface area (Å²) in [5.41, 5.74) is 6.88. The van der Waals surface area contributed by atoms with Crippen LogP contribution in [0.25, 0.3) is 22.7 Å². The molecule has 2 aromatic carbocycles. The Morgan fingerprint density at radius 1 is 1.24 bits per heavy atom. The number of rotatable bonds is 8. The summed E-state index contributed by atoms with van der Waals surface area (Å²) in [6.07, 6.45) is 12.8. The molecule has 6 rings (SSSR count). The van der Waals surface area contributed by atoms with Crippen molar-refractivity contribution in [2.24, 2.45) is 11.3 Å². The lowest BCUT2D eigenvalue weighted by molar-refractivity contribution is -0.121. The molecule has 3 atom stereocenters. The van der Waals surface area contributed by atoms with Crippen LogP contribution in [-0.2, 0) is 17.6 Å². The van der Waals surface area contributed by atoms with Crippen molar-refractivity contribution >= 4 is 22.9 Å². The minimum absolute atomic E-state index is 0.0667. The number of para-hydroxylation sites is 1. The number of amides is 1. The molecule has 1 fully saturated rings. The Kier molecular flexibility index (Phi) is 6.42. The van der Waals surface area contributed by atoms with Gasteiger partial charge in [0.15, 0.2) is 0 Å². The van der Waals surface area contributed by atoms with E-state index in [0.29, 0.717) is 12.3 Å². The molecular weight excluding hydrogens is 475 g/mol. The van der Waals surface area contributed by atoms with Gasteiger partial charge in [0.05, 0.1) is 24.0 Å². The molecule has 2 aliphatic carbocycles. The molecule has 6 heteroatoms. The second-order valence-corrected chi connectivity index (χ2v) is 11.3. The van der Waals surface area contributed by atoms with E-state index in [1.54, 1.807) is 12.1 Å². The quantitative estimate of drug-likeness (QED) is 0.275. The lowest BCUT2D eigenvalue weighted by Crippen LogP contribution is -2.40. The highest BCUT2D eigenvalue weighted by atomic mass is 19.1. The van der Waals surface area contributed by atoms with E-state index in [1.807, 2.05) is 35.3 Å². The monoisotopic (exact) mass is 510 g/mol. The fraction of sp³-hybridized carbons (Fsp3) is 0.375. The Morgan fingerprint density at radius 2 is 2.05 bits per heavy atom. The number of halogens is 1. The maximum Gasteiger partial charge on any atom is 0.224 e. The summed E-state index contributed by atoms with van der Waals surface area (Å²) in [7, 11) is 0. The molecule has 38 heavy (non-hydrogen) atoms.